The first-order valence-electron chi connectivity index (χ1n) is 9.67. The minimum Gasteiger partial charge on any atom is -0.342 e. The number of hydrogen-bond donors (Lipinski definition) is 1. The van der Waals surface area contributed by atoms with Gasteiger partial charge in [-0.2, -0.15) is 0 Å². The second-order valence-electron chi connectivity index (χ2n) is 7.18. The molecule has 0 radical (unpaired) electrons. The van der Waals surface area contributed by atoms with Gasteiger partial charge in [-0.25, -0.2) is 4.98 Å². The Labute approximate surface area is 194 Å². The normalized spacial score (nSPS) is 20.7. The van der Waals surface area contributed by atoms with Crippen LogP contribution >= 0.6 is 35.0 Å². The summed E-state index contributed by atoms with van der Waals surface area (Å²) in [5, 5.41) is 3.82. The topological polar surface area (TPSA) is 65.4 Å². The summed E-state index contributed by atoms with van der Waals surface area (Å²) < 4.78 is 14.6. The highest BCUT2D eigenvalue weighted by atomic mass is 35.5. The maximum Gasteiger partial charge on any atom is 0.221 e. The Morgan fingerprint density at radius 1 is 1.29 bits per heavy atom. The van der Waals surface area contributed by atoms with Gasteiger partial charge in [0, 0.05) is 46.2 Å². The first kappa shape index (κ1) is 22.2. The molecule has 3 aromatic rings. The molecule has 1 aromatic heterocycles. The number of amides is 1. The molecule has 0 unspecified atom stereocenters. The number of aromatic nitrogens is 2. The number of carbonyl (C=O) groups is 1. The maximum absolute atomic E-state index is 11.2. The number of carbonyl (C=O) groups excluding carboxylic acids is 1. The van der Waals surface area contributed by atoms with Crippen LogP contribution in [-0.4, -0.2) is 33.9 Å². The molecular weight excluding hydrogens is 457 g/mol. The number of anilines is 1. The SMILES string of the molecule is CC(=O)Nc1ccc(SC[C@@H]2CO[C@@](Cn3ccnc3)(c3ccc(Cl)cc3Cl)O2)cc1. The highest BCUT2D eigenvalue weighted by Gasteiger charge is 2.45. The lowest BCUT2D eigenvalue weighted by Gasteiger charge is -2.30. The average Bonchev–Trinajstić information content (AvgIpc) is 3.38. The van der Waals surface area contributed by atoms with Crippen molar-refractivity contribution >= 4 is 46.6 Å². The first-order valence-corrected chi connectivity index (χ1v) is 11.4. The number of thioether (sulfide) groups is 1. The van der Waals surface area contributed by atoms with Crippen molar-refractivity contribution in [2.24, 2.45) is 0 Å². The smallest absolute Gasteiger partial charge is 0.221 e. The summed E-state index contributed by atoms with van der Waals surface area (Å²) in [7, 11) is 0. The second kappa shape index (κ2) is 9.63. The van der Waals surface area contributed by atoms with Gasteiger partial charge in [0.2, 0.25) is 11.7 Å². The Balaban J connectivity index is 1.47. The molecule has 31 heavy (non-hydrogen) atoms. The molecule has 1 fully saturated rings. The molecule has 4 rings (SSSR count). The van der Waals surface area contributed by atoms with Gasteiger partial charge in [-0.1, -0.05) is 29.3 Å². The summed E-state index contributed by atoms with van der Waals surface area (Å²) in [6.07, 6.45) is 5.16. The summed E-state index contributed by atoms with van der Waals surface area (Å²) in [5.74, 6) is -0.411. The Morgan fingerprint density at radius 2 is 2.10 bits per heavy atom. The highest BCUT2D eigenvalue weighted by molar-refractivity contribution is 7.99. The van der Waals surface area contributed by atoms with Crippen LogP contribution < -0.4 is 5.32 Å². The molecule has 1 aliphatic rings. The van der Waals surface area contributed by atoms with Crippen molar-refractivity contribution in [1.29, 1.82) is 0 Å². The van der Waals surface area contributed by atoms with Crippen LogP contribution in [0.5, 0.6) is 0 Å². The number of nitrogens with one attached hydrogen (secondary N) is 1. The third kappa shape index (κ3) is 5.42. The third-order valence-electron chi connectivity index (χ3n) is 4.76. The molecule has 1 N–H and O–H groups in total. The lowest BCUT2D eigenvalue weighted by Crippen LogP contribution is -2.34. The van der Waals surface area contributed by atoms with Crippen LogP contribution in [0, 0.1) is 0 Å². The van der Waals surface area contributed by atoms with E-state index >= 15 is 0 Å². The Morgan fingerprint density at radius 3 is 2.77 bits per heavy atom. The summed E-state index contributed by atoms with van der Waals surface area (Å²) in [5.41, 5.74) is 1.51. The number of ether oxygens (including phenoxy) is 2. The molecule has 0 saturated carbocycles. The molecule has 1 aliphatic heterocycles. The molecule has 6 nitrogen and oxygen atoms in total. The van der Waals surface area contributed by atoms with Gasteiger partial charge in [-0.05, 0) is 36.4 Å². The van der Waals surface area contributed by atoms with Crippen molar-refractivity contribution in [3.05, 3.63) is 76.8 Å². The number of benzene rings is 2. The molecule has 9 heteroatoms. The summed E-state index contributed by atoms with van der Waals surface area (Å²) >= 11 is 14.3. The lowest BCUT2D eigenvalue weighted by molar-refractivity contribution is -0.184. The number of imidazole rings is 1. The van der Waals surface area contributed by atoms with Crippen LogP contribution in [0.15, 0.2) is 66.1 Å². The molecule has 2 aromatic carbocycles. The van der Waals surface area contributed by atoms with Gasteiger partial charge in [0.25, 0.3) is 0 Å². The first-order chi connectivity index (χ1) is 14.9. The van der Waals surface area contributed by atoms with E-state index in [1.54, 1.807) is 36.4 Å². The molecule has 1 amide bonds. The minimum absolute atomic E-state index is 0.0907. The zero-order valence-corrected chi connectivity index (χ0v) is 19.1. The van der Waals surface area contributed by atoms with Gasteiger partial charge >= 0.3 is 0 Å². The van der Waals surface area contributed by atoms with E-state index in [4.69, 9.17) is 32.7 Å². The quantitative estimate of drug-likeness (QED) is 0.473. The molecule has 0 spiro atoms. The number of nitrogens with zero attached hydrogens (tertiary/aromatic N) is 2. The fourth-order valence-electron chi connectivity index (χ4n) is 3.40. The van der Waals surface area contributed by atoms with E-state index in [1.165, 1.54) is 6.92 Å². The number of hydrogen-bond acceptors (Lipinski definition) is 5. The standard InChI is InChI=1S/C22H21Cl2N3O3S/c1-15(28)26-17-3-5-19(6-4-17)31-12-18-11-29-22(30-18,13-27-9-8-25-14-27)20-7-2-16(23)10-21(20)24/h2-10,14,18H,11-13H2,1H3,(H,26,28)/t18-,22+/m0/s1. The Hall–Kier alpha value is -2.03. The molecular formula is C22H21Cl2N3O3S. The molecule has 2 heterocycles. The average molecular weight is 478 g/mol. The molecule has 0 aliphatic carbocycles. The van der Waals surface area contributed by atoms with Crippen molar-refractivity contribution in [2.75, 3.05) is 17.7 Å². The van der Waals surface area contributed by atoms with E-state index in [1.807, 2.05) is 41.1 Å². The fraction of sp³-hybridized carbons (Fsp3) is 0.273. The zero-order valence-electron chi connectivity index (χ0n) is 16.8. The van der Waals surface area contributed by atoms with Crippen molar-refractivity contribution in [3.8, 4) is 0 Å². The predicted molar refractivity (Wildman–Crippen MR) is 123 cm³/mol. The van der Waals surface area contributed by atoms with Crippen LogP contribution in [-0.2, 0) is 26.6 Å². The van der Waals surface area contributed by atoms with Crippen molar-refractivity contribution in [3.63, 3.8) is 0 Å². The molecule has 1 saturated heterocycles. The van der Waals surface area contributed by atoms with Crippen LogP contribution in [0.2, 0.25) is 10.0 Å². The monoisotopic (exact) mass is 477 g/mol. The molecule has 0 bridgehead atoms. The predicted octanol–water partition coefficient (Wildman–Crippen LogP) is 5.21. The Kier molecular flexibility index (Phi) is 6.89. The summed E-state index contributed by atoms with van der Waals surface area (Å²) in [4.78, 5) is 16.4. The molecule has 162 valence electrons. The van der Waals surface area contributed by atoms with Crippen molar-refractivity contribution in [1.82, 2.24) is 9.55 Å². The molecule has 2 atom stereocenters. The third-order valence-corrected chi connectivity index (χ3v) is 6.45. The van der Waals surface area contributed by atoms with Gasteiger partial charge in [-0.15, -0.1) is 11.8 Å². The summed E-state index contributed by atoms with van der Waals surface area (Å²) in [6, 6.07) is 13.0. The van der Waals surface area contributed by atoms with E-state index in [2.05, 4.69) is 10.3 Å². The van der Waals surface area contributed by atoms with Crippen LogP contribution in [0.3, 0.4) is 0 Å². The van der Waals surface area contributed by atoms with Gasteiger partial charge in [-0.3, -0.25) is 4.79 Å². The van der Waals surface area contributed by atoms with Crippen LogP contribution in [0.25, 0.3) is 0 Å². The number of rotatable bonds is 7. The minimum atomic E-state index is -1.02. The fourth-order valence-corrected chi connectivity index (χ4v) is 4.83. The maximum atomic E-state index is 11.2. The van der Waals surface area contributed by atoms with E-state index in [0.717, 1.165) is 16.1 Å². The van der Waals surface area contributed by atoms with Crippen molar-refractivity contribution in [2.45, 2.75) is 30.3 Å². The van der Waals surface area contributed by atoms with E-state index in [9.17, 15) is 4.79 Å². The Bertz CT molecular complexity index is 1050. The summed E-state index contributed by atoms with van der Waals surface area (Å²) in [6.45, 7) is 2.34. The van der Waals surface area contributed by atoms with Crippen LogP contribution in [0.1, 0.15) is 12.5 Å². The van der Waals surface area contributed by atoms with Gasteiger partial charge in [0.1, 0.15) is 0 Å². The second-order valence-corrected chi connectivity index (χ2v) is 9.12. The number of halogens is 2. The van der Waals surface area contributed by atoms with E-state index < -0.39 is 5.79 Å². The van der Waals surface area contributed by atoms with Crippen molar-refractivity contribution < 1.29 is 14.3 Å². The zero-order chi connectivity index (χ0) is 21.8. The largest absolute Gasteiger partial charge is 0.342 e. The van der Waals surface area contributed by atoms with E-state index in [-0.39, 0.29) is 12.0 Å². The van der Waals surface area contributed by atoms with Gasteiger partial charge in [0.05, 0.1) is 30.6 Å². The van der Waals surface area contributed by atoms with Crippen LogP contribution in [0.4, 0.5) is 5.69 Å². The lowest BCUT2D eigenvalue weighted by atomic mass is 10.1. The van der Waals surface area contributed by atoms with Gasteiger partial charge in [0.15, 0.2) is 0 Å². The highest BCUT2D eigenvalue weighted by Crippen LogP contribution is 2.41. The van der Waals surface area contributed by atoms with E-state index in [0.29, 0.717) is 28.9 Å². The van der Waals surface area contributed by atoms with Gasteiger partial charge < -0.3 is 19.4 Å².